The summed E-state index contributed by atoms with van der Waals surface area (Å²) in [4.78, 5) is 37.1. The first-order chi connectivity index (χ1) is 16.9. The molecule has 0 bridgehead atoms. The van der Waals surface area contributed by atoms with Gasteiger partial charge in [0, 0.05) is 0 Å². The Balaban J connectivity index is 1.92. The van der Waals surface area contributed by atoms with Crippen molar-refractivity contribution in [1.29, 1.82) is 0 Å². The number of hydrogen-bond acceptors (Lipinski definition) is 6. The second-order valence-electron chi connectivity index (χ2n) is 7.12. The maximum Gasteiger partial charge on any atom is 0.341 e. The lowest BCUT2D eigenvalue weighted by Crippen LogP contribution is -2.25. The number of carboxylic acid groups (broad SMARTS) is 1. The van der Waals surface area contributed by atoms with Crippen molar-refractivity contribution in [3.05, 3.63) is 83.9 Å². The van der Waals surface area contributed by atoms with E-state index in [9.17, 15) is 14.4 Å². The van der Waals surface area contributed by atoms with Crippen molar-refractivity contribution < 1.29 is 33.7 Å². The number of ether oxygens (including phenoxy) is 3. The number of anilines is 2. The zero-order chi connectivity index (χ0) is 25.2. The number of carbonyl (C=O) groups excluding carboxylic acids is 2. The summed E-state index contributed by atoms with van der Waals surface area (Å²) in [7, 11) is 2.95. The molecule has 0 saturated carbocycles. The van der Waals surface area contributed by atoms with Crippen LogP contribution in [-0.2, 0) is 14.4 Å². The van der Waals surface area contributed by atoms with Gasteiger partial charge in [0.05, 0.1) is 25.6 Å². The van der Waals surface area contributed by atoms with Gasteiger partial charge in [-0.2, -0.15) is 0 Å². The summed E-state index contributed by atoms with van der Waals surface area (Å²) in [6, 6.07) is 19.9. The van der Waals surface area contributed by atoms with Crippen molar-refractivity contribution in [2.45, 2.75) is 0 Å². The first kappa shape index (κ1) is 24.8. The SMILES string of the molecule is COc1ccccc1NC(=O)C(=Cc1ccc(OCC(=O)O)cc1)C(=O)Nc1ccccc1OC. The highest BCUT2D eigenvalue weighted by atomic mass is 16.5. The Bertz CT molecular complexity index is 1170. The van der Waals surface area contributed by atoms with Crippen LogP contribution < -0.4 is 24.8 Å². The van der Waals surface area contributed by atoms with E-state index in [-0.39, 0.29) is 5.57 Å². The molecule has 0 radical (unpaired) electrons. The predicted molar refractivity (Wildman–Crippen MR) is 131 cm³/mol. The molecule has 2 amide bonds. The van der Waals surface area contributed by atoms with E-state index in [0.29, 0.717) is 34.2 Å². The molecule has 0 atom stereocenters. The van der Waals surface area contributed by atoms with Crippen molar-refractivity contribution in [3.8, 4) is 17.2 Å². The maximum atomic E-state index is 13.2. The van der Waals surface area contributed by atoms with Gasteiger partial charge < -0.3 is 30.0 Å². The normalized spacial score (nSPS) is 10.0. The molecule has 0 aromatic heterocycles. The molecule has 3 aromatic rings. The van der Waals surface area contributed by atoms with Crippen molar-refractivity contribution >= 4 is 35.2 Å². The lowest BCUT2D eigenvalue weighted by molar-refractivity contribution is -0.139. The van der Waals surface area contributed by atoms with E-state index < -0.39 is 24.4 Å². The minimum atomic E-state index is -1.10. The predicted octanol–water partition coefficient (Wildman–Crippen LogP) is 3.83. The van der Waals surface area contributed by atoms with Crippen LogP contribution in [0.2, 0.25) is 0 Å². The molecule has 9 nitrogen and oxygen atoms in total. The van der Waals surface area contributed by atoms with Crippen LogP contribution in [0.25, 0.3) is 6.08 Å². The van der Waals surface area contributed by atoms with E-state index in [1.165, 1.54) is 20.3 Å². The number of nitrogens with one attached hydrogen (secondary N) is 2. The molecule has 3 aromatic carbocycles. The van der Waals surface area contributed by atoms with E-state index in [2.05, 4.69) is 10.6 Å². The quantitative estimate of drug-likeness (QED) is 0.231. The van der Waals surface area contributed by atoms with Crippen LogP contribution >= 0.6 is 0 Å². The first-order valence-corrected chi connectivity index (χ1v) is 10.5. The maximum absolute atomic E-state index is 13.2. The lowest BCUT2D eigenvalue weighted by atomic mass is 10.1. The second-order valence-corrected chi connectivity index (χ2v) is 7.12. The molecule has 0 saturated heterocycles. The van der Waals surface area contributed by atoms with E-state index in [1.807, 2.05) is 0 Å². The molecule has 0 unspecified atom stereocenters. The van der Waals surface area contributed by atoms with E-state index in [4.69, 9.17) is 19.3 Å². The van der Waals surface area contributed by atoms with Crippen LogP contribution in [0.15, 0.2) is 78.4 Å². The summed E-state index contributed by atoms with van der Waals surface area (Å²) >= 11 is 0. The van der Waals surface area contributed by atoms with Crippen LogP contribution in [0.3, 0.4) is 0 Å². The fourth-order valence-electron chi connectivity index (χ4n) is 3.08. The highest BCUT2D eigenvalue weighted by Crippen LogP contribution is 2.26. The average molecular weight is 476 g/mol. The van der Waals surface area contributed by atoms with Gasteiger partial charge in [-0.15, -0.1) is 0 Å². The smallest absolute Gasteiger partial charge is 0.341 e. The summed E-state index contributed by atoms with van der Waals surface area (Å²) in [6.45, 7) is -0.483. The Hall–Kier alpha value is -4.79. The van der Waals surface area contributed by atoms with Crippen molar-refractivity contribution in [2.75, 3.05) is 31.5 Å². The number of carbonyl (C=O) groups is 3. The van der Waals surface area contributed by atoms with Gasteiger partial charge in [0.15, 0.2) is 6.61 Å². The van der Waals surface area contributed by atoms with Gasteiger partial charge in [-0.25, -0.2) is 4.79 Å². The summed E-state index contributed by atoms with van der Waals surface area (Å²) in [5, 5.41) is 14.2. The number of amides is 2. The number of carboxylic acids is 1. The summed E-state index contributed by atoms with van der Waals surface area (Å²) in [5.41, 5.74) is 1.14. The Kier molecular flexibility index (Phi) is 8.44. The van der Waals surface area contributed by atoms with Crippen molar-refractivity contribution in [2.24, 2.45) is 0 Å². The van der Waals surface area contributed by atoms with Gasteiger partial charge in [-0.05, 0) is 48.0 Å². The molecule has 0 fully saturated rings. The third kappa shape index (κ3) is 6.84. The van der Waals surface area contributed by atoms with Gasteiger partial charge in [0.25, 0.3) is 11.8 Å². The Morgan fingerprint density at radius 2 is 1.26 bits per heavy atom. The Labute approximate surface area is 201 Å². The number of methoxy groups -OCH3 is 2. The third-order valence-electron chi connectivity index (χ3n) is 4.75. The molecule has 9 heteroatoms. The molecule has 0 aliphatic rings. The average Bonchev–Trinajstić information content (AvgIpc) is 2.87. The highest BCUT2D eigenvalue weighted by Gasteiger charge is 2.21. The first-order valence-electron chi connectivity index (χ1n) is 10.5. The molecule has 0 aliphatic heterocycles. The number of aliphatic carboxylic acids is 1. The minimum Gasteiger partial charge on any atom is -0.495 e. The largest absolute Gasteiger partial charge is 0.495 e. The summed E-state index contributed by atoms with van der Waals surface area (Å²) < 4.78 is 15.7. The minimum absolute atomic E-state index is 0.180. The van der Waals surface area contributed by atoms with E-state index >= 15 is 0 Å². The fourth-order valence-corrected chi connectivity index (χ4v) is 3.08. The van der Waals surface area contributed by atoms with Crippen molar-refractivity contribution in [3.63, 3.8) is 0 Å². The molecular weight excluding hydrogens is 452 g/mol. The van der Waals surface area contributed by atoms with Crippen molar-refractivity contribution in [1.82, 2.24) is 0 Å². The molecule has 35 heavy (non-hydrogen) atoms. The van der Waals surface area contributed by atoms with E-state index in [0.717, 1.165) is 0 Å². The van der Waals surface area contributed by atoms with Gasteiger partial charge in [0.1, 0.15) is 22.8 Å². The zero-order valence-electron chi connectivity index (χ0n) is 19.1. The van der Waals surface area contributed by atoms with Crippen LogP contribution in [0.5, 0.6) is 17.2 Å². The lowest BCUT2D eigenvalue weighted by Gasteiger charge is -2.14. The Morgan fingerprint density at radius 1 is 0.771 bits per heavy atom. The molecule has 0 aliphatic carbocycles. The number of rotatable bonds is 10. The van der Waals surface area contributed by atoms with E-state index in [1.54, 1.807) is 72.8 Å². The number of benzene rings is 3. The number of para-hydroxylation sites is 4. The van der Waals surface area contributed by atoms with Crippen LogP contribution in [-0.4, -0.2) is 43.7 Å². The molecule has 180 valence electrons. The molecule has 0 spiro atoms. The van der Waals surface area contributed by atoms with Gasteiger partial charge in [-0.1, -0.05) is 36.4 Å². The fraction of sp³-hybridized carbons (Fsp3) is 0.115. The molecular formula is C26H24N2O7. The molecule has 3 rings (SSSR count). The van der Waals surface area contributed by atoms with Gasteiger partial charge >= 0.3 is 5.97 Å². The van der Waals surface area contributed by atoms with Gasteiger partial charge in [-0.3, -0.25) is 9.59 Å². The topological polar surface area (TPSA) is 123 Å². The Morgan fingerprint density at radius 3 is 1.71 bits per heavy atom. The summed E-state index contributed by atoms with van der Waals surface area (Å²) in [5.74, 6) is -1.21. The standard InChI is InChI=1S/C26H24N2O7/c1-33-22-9-5-3-7-20(22)27-25(31)19(26(32)28-21-8-4-6-10-23(21)34-2)15-17-11-13-18(14-12-17)35-16-24(29)30/h3-15H,16H2,1-2H3,(H,27,31)(H,28,32)(H,29,30). The van der Waals surface area contributed by atoms with Crippen LogP contribution in [0.1, 0.15) is 5.56 Å². The van der Waals surface area contributed by atoms with Gasteiger partial charge in [0.2, 0.25) is 0 Å². The van der Waals surface area contributed by atoms with Crippen LogP contribution in [0, 0.1) is 0 Å². The second kappa shape index (κ2) is 11.9. The third-order valence-corrected chi connectivity index (χ3v) is 4.75. The van der Waals surface area contributed by atoms with Crippen LogP contribution in [0.4, 0.5) is 11.4 Å². The monoisotopic (exact) mass is 476 g/mol. The zero-order valence-corrected chi connectivity index (χ0v) is 19.1. The highest BCUT2D eigenvalue weighted by molar-refractivity contribution is 6.29. The molecule has 3 N–H and O–H groups in total. The summed E-state index contributed by atoms with van der Waals surface area (Å²) in [6.07, 6.45) is 1.41. The number of hydrogen-bond donors (Lipinski definition) is 3. The molecule has 0 heterocycles.